The monoisotopic (exact) mass is 241 g/mol. The molecule has 0 saturated heterocycles. The van der Waals surface area contributed by atoms with Gasteiger partial charge in [-0.2, -0.15) is 0 Å². The lowest BCUT2D eigenvalue weighted by atomic mass is 10.1. The maximum absolute atomic E-state index is 12.8. The van der Waals surface area contributed by atoms with E-state index >= 15 is 0 Å². The first-order chi connectivity index (χ1) is 7.37. The Kier molecular flexibility index (Phi) is 4.35. The molecule has 0 aromatic heterocycles. The van der Waals surface area contributed by atoms with Crippen molar-refractivity contribution in [3.63, 3.8) is 0 Å². The van der Waals surface area contributed by atoms with Crippen LogP contribution in [0.2, 0.25) is 0 Å². The maximum Gasteiger partial charge on any atom is 0.230 e. The van der Waals surface area contributed by atoms with E-state index in [9.17, 15) is 9.18 Å². The lowest BCUT2D eigenvalue weighted by Gasteiger charge is -2.20. The van der Waals surface area contributed by atoms with Crippen LogP contribution < -0.4 is 5.32 Å². The van der Waals surface area contributed by atoms with E-state index in [4.69, 9.17) is 0 Å². The fourth-order valence-corrected chi connectivity index (χ4v) is 1.90. The second kappa shape index (κ2) is 5.34. The molecule has 0 fully saturated rings. The summed E-state index contributed by atoms with van der Waals surface area (Å²) >= 11 is 1.33. The summed E-state index contributed by atoms with van der Waals surface area (Å²) in [6, 6.07) is 6.24. The van der Waals surface area contributed by atoms with Crippen molar-refractivity contribution in [1.82, 2.24) is 5.32 Å². The molecular formula is C12H16FNOS. The summed E-state index contributed by atoms with van der Waals surface area (Å²) in [7, 11) is 0. The predicted molar refractivity (Wildman–Crippen MR) is 65.0 cm³/mol. The number of carbonyl (C=O) groups excluding carboxylic acids is 1. The molecule has 0 unspecified atom stereocenters. The van der Waals surface area contributed by atoms with Gasteiger partial charge < -0.3 is 5.32 Å². The summed E-state index contributed by atoms with van der Waals surface area (Å²) in [6.45, 7) is 5.78. The minimum atomic E-state index is -0.277. The molecule has 1 amide bonds. The van der Waals surface area contributed by atoms with Crippen molar-refractivity contribution in [3.8, 4) is 0 Å². The fraction of sp³-hybridized carbons (Fsp3) is 0.417. The van der Waals surface area contributed by atoms with Crippen LogP contribution in [0.15, 0.2) is 29.2 Å². The highest BCUT2D eigenvalue weighted by Gasteiger charge is 2.13. The van der Waals surface area contributed by atoms with Gasteiger partial charge in [0, 0.05) is 10.4 Å². The molecule has 0 atom stereocenters. The minimum Gasteiger partial charge on any atom is -0.351 e. The Balaban J connectivity index is 2.43. The van der Waals surface area contributed by atoms with Crippen LogP contribution in [0.5, 0.6) is 0 Å². The normalized spacial score (nSPS) is 11.2. The summed E-state index contributed by atoms with van der Waals surface area (Å²) in [4.78, 5) is 12.3. The molecule has 0 saturated carbocycles. The van der Waals surface area contributed by atoms with E-state index in [0.29, 0.717) is 5.75 Å². The van der Waals surface area contributed by atoms with Gasteiger partial charge in [-0.15, -0.1) is 11.8 Å². The lowest BCUT2D eigenvalue weighted by Crippen LogP contribution is -2.41. The highest BCUT2D eigenvalue weighted by atomic mass is 32.2. The van der Waals surface area contributed by atoms with Crippen LogP contribution in [0.4, 0.5) is 4.39 Å². The Labute approximate surface area is 99.6 Å². The molecule has 0 radical (unpaired) electrons. The molecule has 2 nitrogen and oxygen atoms in total. The summed E-state index contributed by atoms with van der Waals surface area (Å²) in [5.41, 5.74) is -0.223. The van der Waals surface area contributed by atoms with Gasteiger partial charge in [0.2, 0.25) is 5.91 Å². The van der Waals surface area contributed by atoms with E-state index in [1.165, 1.54) is 23.9 Å². The van der Waals surface area contributed by atoms with Crippen LogP contribution in [0.1, 0.15) is 20.8 Å². The molecule has 1 N–H and O–H groups in total. The first-order valence-electron chi connectivity index (χ1n) is 5.06. The molecule has 1 aromatic carbocycles. The summed E-state index contributed by atoms with van der Waals surface area (Å²) in [6.07, 6.45) is 0. The summed E-state index contributed by atoms with van der Waals surface area (Å²) < 4.78 is 12.8. The van der Waals surface area contributed by atoms with Gasteiger partial charge in [-0.25, -0.2) is 4.39 Å². The van der Waals surface area contributed by atoms with Crippen molar-refractivity contribution < 1.29 is 9.18 Å². The van der Waals surface area contributed by atoms with E-state index in [-0.39, 0.29) is 17.3 Å². The molecular weight excluding hydrogens is 225 g/mol. The number of carbonyl (C=O) groups is 1. The van der Waals surface area contributed by atoms with E-state index in [1.54, 1.807) is 12.1 Å². The second-order valence-electron chi connectivity index (χ2n) is 4.54. The van der Waals surface area contributed by atoms with Crippen molar-refractivity contribution in [2.75, 3.05) is 5.75 Å². The second-order valence-corrected chi connectivity index (χ2v) is 5.59. The zero-order chi connectivity index (χ0) is 12.2. The van der Waals surface area contributed by atoms with Crippen LogP contribution in [0, 0.1) is 5.82 Å². The van der Waals surface area contributed by atoms with Crippen LogP contribution in [-0.2, 0) is 4.79 Å². The van der Waals surface area contributed by atoms with Gasteiger partial charge in [0.05, 0.1) is 5.75 Å². The smallest absolute Gasteiger partial charge is 0.230 e. The number of hydrogen-bond donors (Lipinski definition) is 1. The third kappa shape index (κ3) is 5.16. The fourth-order valence-electron chi connectivity index (χ4n) is 1.16. The molecule has 0 bridgehead atoms. The Bertz CT molecular complexity index is 374. The van der Waals surface area contributed by atoms with E-state index in [0.717, 1.165) is 4.90 Å². The molecule has 88 valence electrons. The Morgan fingerprint density at radius 3 is 2.69 bits per heavy atom. The van der Waals surface area contributed by atoms with Crippen molar-refractivity contribution >= 4 is 17.7 Å². The van der Waals surface area contributed by atoms with E-state index in [2.05, 4.69) is 5.32 Å². The number of thioether (sulfide) groups is 1. The number of amides is 1. The number of rotatable bonds is 3. The average molecular weight is 241 g/mol. The van der Waals surface area contributed by atoms with Crippen molar-refractivity contribution in [1.29, 1.82) is 0 Å². The van der Waals surface area contributed by atoms with Gasteiger partial charge in [0.15, 0.2) is 0 Å². The molecule has 1 aromatic rings. The maximum atomic E-state index is 12.8. The number of nitrogens with one attached hydrogen (secondary N) is 1. The standard InChI is InChI=1S/C12H16FNOS/c1-12(2,3)14-11(15)8-16-10-6-4-5-9(13)7-10/h4-7H,8H2,1-3H3,(H,14,15). The van der Waals surface area contributed by atoms with Gasteiger partial charge >= 0.3 is 0 Å². The highest BCUT2D eigenvalue weighted by Crippen LogP contribution is 2.18. The molecule has 0 aliphatic heterocycles. The highest BCUT2D eigenvalue weighted by molar-refractivity contribution is 8.00. The summed E-state index contributed by atoms with van der Waals surface area (Å²) in [5.74, 6) is -0.0104. The number of halogens is 1. The predicted octanol–water partition coefficient (Wildman–Crippen LogP) is 2.83. The van der Waals surface area contributed by atoms with Crippen molar-refractivity contribution in [2.24, 2.45) is 0 Å². The van der Waals surface area contributed by atoms with Crippen LogP contribution in [-0.4, -0.2) is 17.2 Å². The molecule has 0 aliphatic carbocycles. The number of hydrogen-bond acceptors (Lipinski definition) is 2. The number of benzene rings is 1. The lowest BCUT2D eigenvalue weighted by molar-refractivity contribution is -0.119. The van der Waals surface area contributed by atoms with Crippen LogP contribution >= 0.6 is 11.8 Å². The van der Waals surface area contributed by atoms with Crippen LogP contribution in [0.25, 0.3) is 0 Å². The van der Waals surface area contributed by atoms with Gasteiger partial charge in [0.25, 0.3) is 0 Å². The van der Waals surface area contributed by atoms with Gasteiger partial charge in [-0.3, -0.25) is 4.79 Å². The molecule has 16 heavy (non-hydrogen) atoms. The third-order valence-electron chi connectivity index (χ3n) is 1.68. The van der Waals surface area contributed by atoms with E-state index in [1.807, 2.05) is 20.8 Å². The third-order valence-corrected chi connectivity index (χ3v) is 2.67. The van der Waals surface area contributed by atoms with Gasteiger partial charge in [-0.1, -0.05) is 6.07 Å². The van der Waals surface area contributed by atoms with Crippen molar-refractivity contribution in [2.45, 2.75) is 31.2 Å². The average Bonchev–Trinajstić information content (AvgIpc) is 2.12. The van der Waals surface area contributed by atoms with E-state index < -0.39 is 0 Å². The van der Waals surface area contributed by atoms with Crippen LogP contribution in [0.3, 0.4) is 0 Å². The summed E-state index contributed by atoms with van der Waals surface area (Å²) in [5, 5.41) is 2.85. The Morgan fingerprint density at radius 2 is 2.12 bits per heavy atom. The van der Waals surface area contributed by atoms with Crippen molar-refractivity contribution in [3.05, 3.63) is 30.1 Å². The molecule has 0 aliphatic rings. The van der Waals surface area contributed by atoms with Gasteiger partial charge in [0.1, 0.15) is 5.82 Å². The SMILES string of the molecule is CC(C)(C)NC(=O)CSc1cccc(F)c1. The first-order valence-corrected chi connectivity index (χ1v) is 6.05. The zero-order valence-electron chi connectivity index (χ0n) is 9.71. The molecule has 4 heteroatoms. The molecule has 0 spiro atoms. The topological polar surface area (TPSA) is 29.1 Å². The molecule has 1 rings (SSSR count). The first kappa shape index (κ1) is 13.0. The largest absolute Gasteiger partial charge is 0.351 e. The molecule has 0 heterocycles. The minimum absolute atomic E-state index is 0.0400. The van der Waals surface area contributed by atoms with Gasteiger partial charge in [-0.05, 0) is 39.0 Å². The quantitative estimate of drug-likeness (QED) is 0.824. The Morgan fingerprint density at radius 1 is 1.44 bits per heavy atom. The zero-order valence-corrected chi connectivity index (χ0v) is 10.5. The Hall–Kier alpha value is -1.03.